The van der Waals surface area contributed by atoms with Crippen LogP contribution in [0.5, 0.6) is 5.75 Å². The highest BCUT2D eigenvalue weighted by atomic mass is 16.5. The molecule has 1 aliphatic rings. The fourth-order valence-electron chi connectivity index (χ4n) is 1.74. The van der Waals surface area contributed by atoms with E-state index in [1.54, 1.807) is 13.2 Å². The summed E-state index contributed by atoms with van der Waals surface area (Å²) in [7, 11) is 1.63. The molecule has 0 bridgehead atoms. The van der Waals surface area contributed by atoms with E-state index < -0.39 is 0 Å². The minimum absolute atomic E-state index is 0.0471. The molecule has 3 heteroatoms. The van der Waals surface area contributed by atoms with Crippen molar-refractivity contribution < 1.29 is 9.53 Å². The molecule has 2 atom stereocenters. The fraction of sp³-hybridized carbons (Fsp3) is 0.250. The van der Waals surface area contributed by atoms with E-state index in [1.807, 2.05) is 24.3 Å². The van der Waals surface area contributed by atoms with Crippen molar-refractivity contribution in [1.29, 1.82) is 0 Å². The van der Waals surface area contributed by atoms with Crippen LogP contribution in [-0.4, -0.2) is 13.0 Å². The number of hydrogen-bond donors (Lipinski definition) is 1. The molecule has 1 aromatic rings. The fourth-order valence-corrected chi connectivity index (χ4v) is 1.74. The number of hydrogen-bond acceptors (Lipinski definition) is 2. The molecular weight excluding hydrogens is 190 g/mol. The monoisotopic (exact) mass is 203 g/mol. The summed E-state index contributed by atoms with van der Waals surface area (Å²) in [5.41, 5.74) is 1.08. The zero-order valence-corrected chi connectivity index (χ0v) is 8.57. The molecule has 0 unspecified atom stereocenters. The SMILES string of the molecule is C=C[C@H]1C(=O)N[C@@H]1c1ccc(OC)cc1. The highest BCUT2D eigenvalue weighted by Gasteiger charge is 2.37. The van der Waals surface area contributed by atoms with Crippen molar-refractivity contribution in [3.05, 3.63) is 42.5 Å². The molecular formula is C12H13NO2. The first kappa shape index (κ1) is 9.77. The lowest BCUT2D eigenvalue weighted by Gasteiger charge is -2.35. The Morgan fingerprint density at radius 2 is 2.07 bits per heavy atom. The first-order chi connectivity index (χ1) is 7.26. The van der Waals surface area contributed by atoms with Crippen LogP contribution in [-0.2, 0) is 4.79 Å². The highest BCUT2D eigenvalue weighted by molar-refractivity contribution is 5.88. The Balaban J connectivity index is 2.17. The number of methoxy groups -OCH3 is 1. The molecule has 78 valence electrons. The van der Waals surface area contributed by atoms with Gasteiger partial charge < -0.3 is 10.1 Å². The Bertz CT molecular complexity index is 383. The van der Waals surface area contributed by atoms with Gasteiger partial charge in [0.1, 0.15) is 5.75 Å². The van der Waals surface area contributed by atoms with E-state index in [9.17, 15) is 4.79 Å². The summed E-state index contributed by atoms with van der Waals surface area (Å²) in [6.45, 7) is 3.66. The largest absolute Gasteiger partial charge is 0.497 e. The first-order valence-electron chi connectivity index (χ1n) is 4.83. The Labute approximate surface area is 88.8 Å². The molecule has 15 heavy (non-hydrogen) atoms. The van der Waals surface area contributed by atoms with Crippen LogP contribution in [0.15, 0.2) is 36.9 Å². The van der Waals surface area contributed by atoms with E-state index >= 15 is 0 Å². The first-order valence-corrected chi connectivity index (χ1v) is 4.83. The van der Waals surface area contributed by atoms with Crippen molar-refractivity contribution in [3.63, 3.8) is 0 Å². The van der Waals surface area contributed by atoms with Gasteiger partial charge in [0.2, 0.25) is 5.91 Å². The van der Waals surface area contributed by atoms with Gasteiger partial charge in [-0.2, -0.15) is 0 Å². The number of carbonyl (C=O) groups is 1. The molecule has 2 rings (SSSR count). The summed E-state index contributed by atoms with van der Waals surface area (Å²) < 4.78 is 5.07. The summed E-state index contributed by atoms with van der Waals surface area (Å²) in [6, 6.07) is 7.76. The molecule has 0 aromatic heterocycles. The van der Waals surface area contributed by atoms with Crippen molar-refractivity contribution in [3.8, 4) is 5.75 Å². The molecule has 3 nitrogen and oxygen atoms in total. The van der Waals surface area contributed by atoms with Gasteiger partial charge in [0, 0.05) is 0 Å². The van der Waals surface area contributed by atoms with Crippen molar-refractivity contribution in [2.45, 2.75) is 6.04 Å². The van der Waals surface area contributed by atoms with Gasteiger partial charge in [-0.3, -0.25) is 4.79 Å². The van der Waals surface area contributed by atoms with E-state index in [1.165, 1.54) is 0 Å². The van der Waals surface area contributed by atoms with Crippen molar-refractivity contribution in [1.82, 2.24) is 5.32 Å². The molecule has 0 radical (unpaired) electrons. The van der Waals surface area contributed by atoms with Gasteiger partial charge in [-0.05, 0) is 17.7 Å². The lowest BCUT2D eigenvalue weighted by atomic mass is 9.85. The Kier molecular flexibility index (Phi) is 2.46. The standard InChI is InChI=1S/C12H13NO2/c1-3-10-11(13-12(10)14)8-4-6-9(15-2)7-5-8/h3-7,10-11H,1H2,2H3,(H,13,14)/t10-,11-/m1/s1. The summed E-state index contributed by atoms with van der Waals surface area (Å²) in [6.07, 6.45) is 1.69. The molecule has 1 heterocycles. The average molecular weight is 203 g/mol. The summed E-state index contributed by atoms with van der Waals surface area (Å²) in [5.74, 6) is 0.767. The maximum absolute atomic E-state index is 11.2. The number of nitrogens with one attached hydrogen (secondary N) is 1. The van der Waals surface area contributed by atoms with Crippen LogP contribution in [0.2, 0.25) is 0 Å². The van der Waals surface area contributed by atoms with Gasteiger partial charge >= 0.3 is 0 Å². The number of carbonyl (C=O) groups excluding carboxylic acids is 1. The number of rotatable bonds is 3. The van der Waals surface area contributed by atoms with E-state index in [2.05, 4.69) is 11.9 Å². The highest BCUT2D eigenvalue weighted by Crippen LogP contribution is 2.31. The molecule has 1 aromatic carbocycles. The van der Waals surface area contributed by atoms with Crippen LogP contribution in [0.1, 0.15) is 11.6 Å². The van der Waals surface area contributed by atoms with E-state index in [0.717, 1.165) is 11.3 Å². The third-order valence-electron chi connectivity index (χ3n) is 2.69. The Hall–Kier alpha value is -1.77. The Morgan fingerprint density at radius 3 is 2.53 bits per heavy atom. The van der Waals surface area contributed by atoms with Gasteiger partial charge in [0.15, 0.2) is 0 Å². The second-order valence-corrected chi connectivity index (χ2v) is 3.52. The summed E-state index contributed by atoms with van der Waals surface area (Å²) in [5, 5.41) is 2.85. The number of β-lactam (4-membered cyclic amide) rings is 1. The van der Waals surface area contributed by atoms with E-state index in [-0.39, 0.29) is 17.9 Å². The second-order valence-electron chi connectivity index (χ2n) is 3.52. The molecule has 1 N–H and O–H groups in total. The second kappa shape index (κ2) is 3.77. The molecule has 1 fully saturated rings. The van der Waals surface area contributed by atoms with E-state index in [4.69, 9.17) is 4.74 Å². The topological polar surface area (TPSA) is 38.3 Å². The smallest absolute Gasteiger partial charge is 0.229 e. The van der Waals surface area contributed by atoms with Gasteiger partial charge in [0.05, 0.1) is 19.1 Å². The third-order valence-corrected chi connectivity index (χ3v) is 2.69. The lowest BCUT2D eigenvalue weighted by Crippen LogP contribution is -2.50. The maximum atomic E-state index is 11.2. The predicted octanol–water partition coefficient (Wildman–Crippen LogP) is 1.67. The van der Waals surface area contributed by atoms with Crippen LogP contribution < -0.4 is 10.1 Å². The minimum Gasteiger partial charge on any atom is -0.497 e. The van der Waals surface area contributed by atoms with Gasteiger partial charge in [-0.1, -0.05) is 18.2 Å². The van der Waals surface area contributed by atoms with Crippen LogP contribution in [0, 0.1) is 5.92 Å². The molecule has 0 spiro atoms. The van der Waals surface area contributed by atoms with Crippen LogP contribution in [0.4, 0.5) is 0 Å². The van der Waals surface area contributed by atoms with Crippen LogP contribution in [0.25, 0.3) is 0 Å². The van der Waals surface area contributed by atoms with Gasteiger partial charge in [0.25, 0.3) is 0 Å². The molecule has 0 aliphatic carbocycles. The maximum Gasteiger partial charge on any atom is 0.229 e. The number of ether oxygens (including phenoxy) is 1. The quantitative estimate of drug-likeness (QED) is 0.599. The van der Waals surface area contributed by atoms with Crippen molar-refractivity contribution >= 4 is 5.91 Å². The zero-order valence-electron chi connectivity index (χ0n) is 8.57. The third kappa shape index (κ3) is 1.61. The number of benzene rings is 1. The average Bonchev–Trinajstić information content (AvgIpc) is 2.26. The van der Waals surface area contributed by atoms with Crippen molar-refractivity contribution in [2.75, 3.05) is 7.11 Å². The minimum atomic E-state index is -0.0987. The molecule has 1 amide bonds. The normalized spacial score (nSPS) is 23.9. The predicted molar refractivity (Wildman–Crippen MR) is 57.6 cm³/mol. The van der Waals surface area contributed by atoms with Crippen LogP contribution in [0.3, 0.4) is 0 Å². The molecule has 1 aliphatic heterocycles. The number of amides is 1. The van der Waals surface area contributed by atoms with E-state index in [0.29, 0.717) is 0 Å². The summed E-state index contributed by atoms with van der Waals surface area (Å²) in [4.78, 5) is 11.2. The molecule has 0 saturated carbocycles. The van der Waals surface area contributed by atoms with Crippen molar-refractivity contribution in [2.24, 2.45) is 5.92 Å². The lowest BCUT2D eigenvalue weighted by molar-refractivity contribution is -0.132. The van der Waals surface area contributed by atoms with Gasteiger partial charge in [-0.15, -0.1) is 6.58 Å². The molecule has 1 saturated heterocycles. The Morgan fingerprint density at radius 1 is 1.40 bits per heavy atom. The summed E-state index contributed by atoms with van der Waals surface area (Å²) >= 11 is 0. The zero-order chi connectivity index (χ0) is 10.8. The van der Waals surface area contributed by atoms with Crippen LogP contribution >= 0.6 is 0 Å². The van der Waals surface area contributed by atoms with Gasteiger partial charge in [-0.25, -0.2) is 0 Å².